The van der Waals surface area contributed by atoms with Gasteiger partial charge in [-0.2, -0.15) is 5.26 Å². The van der Waals surface area contributed by atoms with Gasteiger partial charge in [-0.3, -0.25) is 4.79 Å². The molecule has 2 rings (SSSR count). The predicted octanol–water partition coefficient (Wildman–Crippen LogP) is 4.27. The minimum Gasteiger partial charge on any atom is -0.481 e. The van der Waals surface area contributed by atoms with Gasteiger partial charge in [-0.15, -0.1) is 0 Å². The average molecular weight is 335 g/mol. The van der Waals surface area contributed by atoms with Crippen molar-refractivity contribution in [3.63, 3.8) is 0 Å². The van der Waals surface area contributed by atoms with E-state index in [9.17, 15) is 4.79 Å². The van der Waals surface area contributed by atoms with Crippen LogP contribution in [0.2, 0.25) is 10.0 Å². The Bertz CT molecular complexity index is 724. The van der Waals surface area contributed by atoms with Crippen molar-refractivity contribution in [3.05, 3.63) is 58.1 Å². The Morgan fingerprint density at radius 1 is 1.18 bits per heavy atom. The monoisotopic (exact) mass is 334 g/mol. The number of carbonyl (C=O) groups is 1. The summed E-state index contributed by atoms with van der Waals surface area (Å²) in [7, 11) is 0. The summed E-state index contributed by atoms with van der Waals surface area (Å²) in [6.07, 6.45) is -0.715. The zero-order chi connectivity index (χ0) is 16.1. The summed E-state index contributed by atoms with van der Waals surface area (Å²) in [6.45, 7) is 1.63. The molecule has 1 amide bonds. The molecular formula is C16H12Cl2N2O2. The fourth-order valence-corrected chi connectivity index (χ4v) is 1.97. The molecule has 1 N–H and O–H groups in total. The molecule has 112 valence electrons. The van der Waals surface area contributed by atoms with Crippen molar-refractivity contribution in [2.24, 2.45) is 0 Å². The first kappa shape index (κ1) is 16.2. The summed E-state index contributed by atoms with van der Waals surface area (Å²) in [5, 5.41) is 12.2. The van der Waals surface area contributed by atoms with E-state index in [1.54, 1.807) is 49.4 Å². The lowest BCUT2D eigenvalue weighted by Gasteiger charge is -2.15. The van der Waals surface area contributed by atoms with Crippen LogP contribution in [0.4, 0.5) is 5.69 Å². The molecule has 0 spiro atoms. The topological polar surface area (TPSA) is 62.1 Å². The summed E-state index contributed by atoms with van der Waals surface area (Å²) in [6, 6.07) is 13.4. The number of benzene rings is 2. The van der Waals surface area contributed by atoms with Crippen molar-refractivity contribution in [2.75, 3.05) is 5.32 Å². The Labute approximate surface area is 138 Å². The largest absolute Gasteiger partial charge is 0.481 e. The second-order valence-electron chi connectivity index (χ2n) is 4.51. The summed E-state index contributed by atoms with van der Waals surface area (Å²) in [5.74, 6) is 0.146. The second-order valence-corrected chi connectivity index (χ2v) is 5.33. The number of halogens is 2. The number of hydrogen-bond donors (Lipinski definition) is 1. The van der Waals surface area contributed by atoms with Gasteiger partial charge >= 0.3 is 0 Å². The first-order chi connectivity index (χ1) is 10.5. The zero-order valence-corrected chi connectivity index (χ0v) is 13.2. The van der Waals surface area contributed by atoms with Gasteiger partial charge in [0.1, 0.15) is 5.75 Å². The highest BCUT2D eigenvalue weighted by Crippen LogP contribution is 2.27. The maximum absolute atomic E-state index is 12.1. The molecule has 0 aromatic heterocycles. The molecule has 2 aromatic carbocycles. The van der Waals surface area contributed by atoms with Crippen LogP contribution in [0, 0.1) is 11.3 Å². The summed E-state index contributed by atoms with van der Waals surface area (Å²) in [5.41, 5.74) is 1.12. The number of rotatable bonds is 4. The molecule has 0 aliphatic rings. The number of amides is 1. The highest BCUT2D eigenvalue weighted by Gasteiger charge is 2.15. The lowest BCUT2D eigenvalue weighted by Crippen LogP contribution is -2.30. The van der Waals surface area contributed by atoms with Crippen LogP contribution in [-0.2, 0) is 4.79 Å². The lowest BCUT2D eigenvalue weighted by atomic mass is 10.2. The van der Waals surface area contributed by atoms with Crippen LogP contribution < -0.4 is 10.1 Å². The number of nitriles is 1. The summed E-state index contributed by atoms with van der Waals surface area (Å²) >= 11 is 11.7. The van der Waals surface area contributed by atoms with E-state index in [-0.39, 0.29) is 5.91 Å². The smallest absolute Gasteiger partial charge is 0.265 e. The first-order valence-electron chi connectivity index (χ1n) is 6.42. The van der Waals surface area contributed by atoms with Crippen LogP contribution in [0.5, 0.6) is 5.75 Å². The minimum atomic E-state index is -0.715. The molecule has 0 bridgehead atoms. The number of nitrogens with zero attached hydrogens (tertiary/aromatic N) is 1. The molecule has 0 saturated carbocycles. The average Bonchev–Trinajstić information content (AvgIpc) is 2.51. The Morgan fingerprint density at radius 3 is 2.45 bits per heavy atom. The maximum Gasteiger partial charge on any atom is 0.265 e. The second kappa shape index (κ2) is 7.17. The fourth-order valence-electron chi connectivity index (χ4n) is 1.68. The van der Waals surface area contributed by atoms with Gasteiger partial charge < -0.3 is 10.1 Å². The predicted molar refractivity (Wildman–Crippen MR) is 86.3 cm³/mol. The van der Waals surface area contributed by atoms with Gasteiger partial charge in [0, 0.05) is 11.8 Å². The van der Waals surface area contributed by atoms with E-state index in [0.29, 0.717) is 27.0 Å². The van der Waals surface area contributed by atoms with E-state index in [4.69, 9.17) is 33.2 Å². The third-order valence-electron chi connectivity index (χ3n) is 2.85. The quantitative estimate of drug-likeness (QED) is 0.907. The molecule has 0 aliphatic heterocycles. The van der Waals surface area contributed by atoms with Crippen molar-refractivity contribution in [1.82, 2.24) is 0 Å². The van der Waals surface area contributed by atoms with Crippen molar-refractivity contribution < 1.29 is 9.53 Å². The van der Waals surface area contributed by atoms with Gasteiger partial charge in [-0.05, 0) is 43.3 Å². The minimum absolute atomic E-state index is 0.309. The van der Waals surface area contributed by atoms with Crippen LogP contribution in [-0.4, -0.2) is 12.0 Å². The normalized spacial score (nSPS) is 11.4. The summed E-state index contributed by atoms with van der Waals surface area (Å²) < 4.78 is 5.52. The van der Waals surface area contributed by atoms with Gasteiger partial charge in [0.05, 0.1) is 21.7 Å². The van der Waals surface area contributed by atoms with Crippen LogP contribution in [0.25, 0.3) is 0 Å². The van der Waals surface area contributed by atoms with Crippen molar-refractivity contribution in [1.29, 1.82) is 5.26 Å². The highest BCUT2D eigenvalue weighted by atomic mass is 35.5. The third kappa shape index (κ3) is 4.14. The lowest BCUT2D eigenvalue weighted by molar-refractivity contribution is -0.122. The van der Waals surface area contributed by atoms with E-state index >= 15 is 0 Å². The molecule has 0 unspecified atom stereocenters. The Hall–Kier alpha value is -2.22. The van der Waals surface area contributed by atoms with Gasteiger partial charge in [0.25, 0.3) is 5.91 Å². The summed E-state index contributed by atoms with van der Waals surface area (Å²) in [4.78, 5) is 12.1. The van der Waals surface area contributed by atoms with Crippen LogP contribution in [0.3, 0.4) is 0 Å². The maximum atomic E-state index is 12.1. The van der Waals surface area contributed by atoms with Crippen LogP contribution in [0.1, 0.15) is 12.5 Å². The Balaban J connectivity index is 1.99. The molecule has 0 fully saturated rings. The fraction of sp³-hybridized carbons (Fsp3) is 0.125. The van der Waals surface area contributed by atoms with Crippen molar-refractivity contribution >= 4 is 34.8 Å². The highest BCUT2D eigenvalue weighted by molar-refractivity contribution is 6.42. The SMILES string of the molecule is C[C@@H](Oc1ccc(Cl)c(Cl)c1)C(=O)Nc1ccc(C#N)cc1. The van der Waals surface area contributed by atoms with E-state index in [0.717, 1.165) is 0 Å². The molecular weight excluding hydrogens is 323 g/mol. The van der Waals surface area contributed by atoms with Crippen LogP contribution in [0.15, 0.2) is 42.5 Å². The standard InChI is InChI=1S/C16H12Cl2N2O2/c1-10(22-13-6-7-14(17)15(18)8-13)16(21)20-12-4-2-11(9-19)3-5-12/h2-8,10H,1H3,(H,20,21)/t10-/m1/s1. The Kier molecular flexibility index (Phi) is 5.26. The molecule has 0 saturated heterocycles. The molecule has 6 heteroatoms. The molecule has 22 heavy (non-hydrogen) atoms. The number of nitrogens with one attached hydrogen (secondary N) is 1. The zero-order valence-electron chi connectivity index (χ0n) is 11.6. The van der Waals surface area contributed by atoms with Crippen molar-refractivity contribution in [2.45, 2.75) is 13.0 Å². The molecule has 0 heterocycles. The van der Waals surface area contributed by atoms with Gasteiger partial charge in [-0.1, -0.05) is 23.2 Å². The van der Waals surface area contributed by atoms with Gasteiger partial charge in [0.2, 0.25) is 0 Å². The molecule has 2 aromatic rings. The molecule has 1 atom stereocenters. The van der Waals surface area contributed by atoms with Crippen LogP contribution >= 0.6 is 23.2 Å². The van der Waals surface area contributed by atoms with E-state index in [1.807, 2.05) is 6.07 Å². The van der Waals surface area contributed by atoms with E-state index < -0.39 is 6.10 Å². The number of carbonyl (C=O) groups excluding carboxylic acids is 1. The number of ether oxygens (including phenoxy) is 1. The number of anilines is 1. The van der Waals surface area contributed by atoms with Crippen molar-refractivity contribution in [3.8, 4) is 11.8 Å². The molecule has 0 radical (unpaired) electrons. The number of hydrogen-bond acceptors (Lipinski definition) is 3. The molecule has 4 nitrogen and oxygen atoms in total. The van der Waals surface area contributed by atoms with Gasteiger partial charge in [0.15, 0.2) is 6.10 Å². The molecule has 0 aliphatic carbocycles. The Morgan fingerprint density at radius 2 is 1.86 bits per heavy atom. The van der Waals surface area contributed by atoms with E-state index in [2.05, 4.69) is 5.32 Å². The third-order valence-corrected chi connectivity index (χ3v) is 3.59. The van der Waals surface area contributed by atoms with Gasteiger partial charge in [-0.25, -0.2) is 0 Å². The van der Waals surface area contributed by atoms with E-state index in [1.165, 1.54) is 0 Å². The first-order valence-corrected chi connectivity index (χ1v) is 7.18.